The van der Waals surface area contributed by atoms with Gasteiger partial charge in [0.2, 0.25) is 0 Å². The van der Waals surface area contributed by atoms with Gasteiger partial charge in [0.25, 0.3) is 0 Å². The summed E-state index contributed by atoms with van der Waals surface area (Å²) < 4.78 is 10.7. The van der Waals surface area contributed by atoms with Crippen LogP contribution in [0.2, 0.25) is 0 Å². The van der Waals surface area contributed by atoms with Crippen molar-refractivity contribution in [2.45, 2.75) is 39.1 Å². The van der Waals surface area contributed by atoms with E-state index in [0.29, 0.717) is 13.2 Å². The molecule has 0 radical (unpaired) electrons. The molecule has 0 aliphatic carbocycles. The summed E-state index contributed by atoms with van der Waals surface area (Å²) in [4.78, 5) is 0. The van der Waals surface area contributed by atoms with Crippen LogP contribution in [0.1, 0.15) is 20.8 Å². The van der Waals surface area contributed by atoms with Crippen molar-refractivity contribution in [2.24, 2.45) is 11.7 Å². The Kier molecular flexibility index (Phi) is 7.09. The fourth-order valence-electron chi connectivity index (χ4n) is 1.18. The average molecular weight is 205 g/mol. The number of methoxy groups -OCH3 is 1. The van der Waals surface area contributed by atoms with E-state index in [4.69, 9.17) is 15.2 Å². The number of ether oxygens (including phenoxy) is 2. The summed E-state index contributed by atoms with van der Waals surface area (Å²) in [5.74, 6) is 0.242. The van der Waals surface area contributed by atoms with Gasteiger partial charge >= 0.3 is 0 Å². The third-order valence-corrected chi connectivity index (χ3v) is 2.37. The molecule has 3 N–H and O–H groups in total. The smallest absolute Gasteiger partial charge is 0.0807 e. The molecule has 0 fully saturated rings. The third kappa shape index (κ3) is 4.91. The van der Waals surface area contributed by atoms with Crippen LogP contribution in [-0.2, 0) is 9.47 Å². The first kappa shape index (κ1) is 13.8. The molecule has 4 heteroatoms. The van der Waals surface area contributed by atoms with Gasteiger partial charge in [0.05, 0.1) is 24.9 Å². The third-order valence-electron chi connectivity index (χ3n) is 2.37. The lowest BCUT2D eigenvalue weighted by Crippen LogP contribution is -2.38. The normalized spacial score (nSPS) is 20.1. The van der Waals surface area contributed by atoms with Gasteiger partial charge < -0.3 is 20.3 Å². The standard InChI is InChI=1S/C10H23NO3/c1-7(6-13-4)10(5-11)14-9(3)8(2)12/h7-10,12H,5-6,11H2,1-4H3. The molecule has 14 heavy (non-hydrogen) atoms. The van der Waals surface area contributed by atoms with Crippen molar-refractivity contribution >= 4 is 0 Å². The second kappa shape index (κ2) is 7.17. The lowest BCUT2D eigenvalue weighted by Gasteiger charge is -2.27. The molecule has 0 aliphatic rings. The summed E-state index contributed by atoms with van der Waals surface area (Å²) in [6.07, 6.45) is -0.721. The Balaban J connectivity index is 4.00. The minimum absolute atomic E-state index is 0.0560. The molecule has 0 bridgehead atoms. The van der Waals surface area contributed by atoms with Gasteiger partial charge in [-0.15, -0.1) is 0 Å². The van der Waals surface area contributed by atoms with Gasteiger partial charge in [-0.25, -0.2) is 0 Å². The number of aliphatic hydroxyl groups excluding tert-OH is 1. The Bertz CT molecular complexity index is 141. The molecular formula is C10H23NO3. The van der Waals surface area contributed by atoms with E-state index in [2.05, 4.69) is 0 Å². The van der Waals surface area contributed by atoms with Gasteiger partial charge in [0.15, 0.2) is 0 Å². The first-order valence-corrected chi connectivity index (χ1v) is 5.05. The second-order valence-corrected chi connectivity index (χ2v) is 3.79. The Morgan fingerprint density at radius 3 is 2.21 bits per heavy atom. The highest BCUT2D eigenvalue weighted by Gasteiger charge is 2.20. The fourth-order valence-corrected chi connectivity index (χ4v) is 1.18. The molecule has 4 unspecified atom stereocenters. The van der Waals surface area contributed by atoms with Crippen molar-refractivity contribution in [2.75, 3.05) is 20.3 Å². The zero-order valence-corrected chi connectivity index (χ0v) is 9.56. The molecule has 0 saturated heterocycles. The molecule has 86 valence electrons. The van der Waals surface area contributed by atoms with Gasteiger partial charge in [-0.05, 0) is 13.8 Å². The van der Waals surface area contributed by atoms with E-state index in [1.54, 1.807) is 14.0 Å². The van der Waals surface area contributed by atoms with Crippen molar-refractivity contribution in [3.8, 4) is 0 Å². The van der Waals surface area contributed by atoms with Crippen molar-refractivity contribution in [3.63, 3.8) is 0 Å². The van der Waals surface area contributed by atoms with Gasteiger partial charge in [0, 0.05) is 19.6 Å². The Morgan fingerprint density at radius 1 is 1.29 bits per heavy atom. The van der Waals surface area contributed by atoms with E-state index in [9.17, 15) is 5.11 Å². The molecule has 4 nitrogen and oxygen atoms in total. The van der Waals surface area contributed by atoms with Crippen LogP contribution in [0.4, 0.5) is 0 Å². The summed E-state index contributed by atoms with van der Waals surface area (Å²) in [7, 11) is 1.65. The molecule has 4 atom stereocenters. The largest absolute Gasteiger partial charge is 0.391 e. The van der Waals surface area contributed by atoms with Crippen molar-refractivity contribution in [1.82, 2.24) is 0 Å². The summed E-state index contributed by atoms with van der Waals surface area (Å²) in [6, 6.07) is 0. The average Bonchev–Trinajstić information content (AvgIpc) is 2.13. The maximum atomic E-state index is 9.28. The quantitative estimate of drug-likeness (QED) is 0.631. The van der Waals surface area contributed by atoms with Crippen LogP contribution in [0.3, 0.4) is 0 Å². The van der Waals surface area contributed by atoms with E-state index in [1.807, 2.05) is 13.8 Å². The van der Waals surface area contributed by atoms with E-state index in [-0.39, 0.29) is 18.1 Å². The summed E-state index contributed by atoms with van der Waals surface area (Å²) in [5.41, 5.74) is 5.59. The van der Waals surface area contributed by atoms with Crippen molar-refractivity contribution in [1.29, 1.82) is 0 Å². The highest BCUT2D eigenvalue weighted by atomic mass is 16.5. The van der Waals surface area contributed by atoms with E-state index in [1.165, 1.54) is 0 Å². The Hall–Kier alpha value is -0.160. The van der Waals surface area contributed by atoms with E-state index in [0.717, 1.165) is 0 Å². The predicted octanol–water partition coefficient (Wildman–Crippen LogP) is 0.382. The van der Waals surface area contributed by atoms with Gasteiger partial charge in [-0.2, -0.15) is 0 Å². The summed E-state index contributed by atoms with van der Waals surface area (Å²) in [5, 5.41) is 9.28. The molecule has 0 aromatic heterocycles. The monoisotopic (exact) mass is 205 g/mol. The number of rotatable bonds is 7. The molecule has 0 spiro atoms. The Labute approximate surface area is 86.4 Å². The van der Waals surface area contributed by atoms with Gasteiger partial charge in [-0.3, -0.25) is 0 Å². The number of hydrogen-bond acceptors (Lipinski definition) is 4. The van der Waals surface area contributed by atoms with Crippen LogP contribution >= 0.6 is 0 Å². The number of hydrogen-bond donors (Lipinski definition) is 2. The SMILES string of the molecule is COCC(C)C(CN)OC(C)C(C)O. The molecule has 0 aromatic rings. The lowest BCUT2D eigenvalue weighted by atomic mass is 10.1. The van der Waals surface area contributed by atoms with Gasteiger partial charge in [0.1, 0.15) is 0 Å². The summed E-state index contributed by atoms with van der Waals surface area (Å²) in [6.45, 7) is 6.64. The minimum Gasteiger partial charge on any atom is -0.391 e. The molecule has 0 rings (SSSR count). The summed E-state index contributed by atoms with van der Waals surface area (Å²) >= 11 is 0. The van der Waals surface area contributed by atoms with E-state index >= 15 is 0 Å². The molecule has 0 heterocycles. The zero-order valence-electron chi connectivity index (χ0n) is 9.56. The minimum atomic E-state index is -0.473. The molecule has 0 aromatic carbocycles. The maximum Gasteiger partial charge on any atom is 0.0807 e. The second-order valence-electron chi connectivity index (χ2n) is 3.79. The molecule has 0 amide bonds. The zero-order chi connectivity index (χ0) is 11.1. The predicted molar refractivity (Wildman–Crippen MR) is 56.1 cm³/mol. The molecular weight excluding hydrogens is 182 g/mol. The topological polar surface area (TPSA) is 64.7 Å². The first-order chi connectivity index (χ1) is 6.52. The van der Waals surface area contributed by atoms with E-state index < -0.39 is 6.10 Å². The fraction of sp³-hybridized carbons (Fsp3) is 1.00. The maximum absolute atomic E-state index is 9.28. The van der Waals surface area contributed by atoms with Crippen LogP contribution in [0, 0.1) is 5.92 Å². The van der Waals surface area contributed by atoms with Crippen LogP contribution in [0.25, 0.3) is 0 Å². The first-order valence-electron chi connectivity index (χ1n) is 5.05. The highest BCUT2D eigenvalue weighted by molar-refractivity contribution is 4.70. The van der Waals surface area contributed by atoms with Crippen LogP contribution in [0.15, 0.2) is 0 Å². The Morgan fingerprint density at radius 2 is 1.86 bits per heavy atom. The van der Waals surface area contributed by atoms with Crippen molar-refractivity contribution in [3.05, 3.63) is 0 Å². The van der Waals surface area contributed by atoms with Crippen molar-refractivity contribution < 1.29 is 14.6 Å². The molecule has 0 aliphatic heterocycles. The van der Waals surface area contributed by atoms with Gasteiger partial charge in [-0.1, -0.05) is 6.92 Å². The van der Waals surface area contributed by atoms with Crippen LogP contribution in [-0.4, -0.2) is 43.7 Å². The van der Waals surface area contributed by atoms with Crippen LogP contribution < -0.4 is 5.73 Å². The van der Waals surface area contributed by atoms with Crippen LogP contribution in [0.5, 0.6) is 0 Å². The highest BCUT2D eigenvalue weighted by Crippen LogP contribution is 2.11. The number of nitrogens with two attached hydrogens (primary N) is 1. The number of aliphatic hydroxyl groups is 1. The lowest BCUT2D eigenvalue weighted by molar-refractivity contribution is -0.0844. The molecule has 0 saturated carbocycles.